The summed E-state index contributed by atoms with van der Waals surface area (Å²) in [6, 6.07) is 28.3. The van der Waals surface area contributed by atoms with Crippen molar-refractivity contribution in [2.75, 3.05) is 5.32 Å². The lowest BCUT2D eigenvalue weighted by molar-refractivity contribution is -0.112. The van der Waals surface area contributed by atoms with Crippen LogP contribution < -0.4 is 14.8 Å². The van der Waals surface area contributed by atoms with E-state index < -0.39 is 5.91 Å². The lowest BCUT2D eigenvalue weighted by Gasteiger charge is -2.12. The molecule has 1 amide bonds. The molecule has 8 heteroatoms. The number of amides is 1. The van der Waals surface area contributed by atoms with Crippen LogP contribution in [0.5, 0.6) is 11.5 Å². The van der Waals surface area contributed by atoms with E-state index in [0.717, 1.165) is 5.56 Å². The second kappa shape index (κ2) is 13.0. The number of nitriles is 1. The first kappa shape index (κ1) is 27.1. The third-order valence-corrected chi connectivity index (χ3v) is 6.51. The Bertz CT molecular complexity index is 1480. The number of rotatable bonds is 9. The smallest absolute Gasteiger partial charge is 0.266 e. The molecule has 0 saturated carbocycles. The molecule has 0 fully saturated rings. The standard InChI is InChI=1S/C30H21Br2FN2O3/c31-27-15-22(16-28(32)29(27)38-19-21-7-4-8-24(33)14-21)13-23(17-34)30(36)35-25-9-11-26(12-10-25)37-18-20-5-2-1-3-6-20/h1-16H,18-19H2,(H,35,36)/b23-13+. The fraction of sp³-hybridized carbons (Fsp3) is 0.0667. The van der Waals surface area contributed by atoms with Crippen LogP contribution in [-0.4, -0.2) is 5.91 Å². The van der Waals surface area contributed by atoms with E-state index in [4.69, 9.17) is 9.47 Å². The molecule has 4 aromatic rings. The van der Waals surface area contributed by atoms with Gasteiger partial charge in [-0.05, 0) is 103 Å². The Hall–Kier alpha value is -3.93. The number of ether oxygens (including phenoxy) is 2. The summed E-state index contributed by atoms with van der Waals surface area (Å²) >= 11 is 6.94. The van der Waals surface area contributed by atoms with Crippen LogP contribution in [0.25, 0.3) is 6.08 Å². The van der Waals surface area contributed by atoms with Gasteiger partial charge in [-0.1, -0.05) is 42.5 Å². The SMILES string of the molecule is N#C/C(=C\c1cc(Br)c(OCc2cccc(F)c2)c(Br)c1)C(=O)Nc1ccc(OCc2ccccc2)cc1. The summed E-state index contributed by atoms with van der Waals surface area (Å²) in [6.07, 6.45) is 1.48. The molecule has 1 N–H and O–H groups in total. The average Bonchev–Trinajstić information content (AvgIpc) is 2.91. The zero-order valence-electron chi connectivity index (χ0n) is 20.0. The fourth-order valence-electron chi connectivity index (χ4n) is 3.47. The maximum Gasteiger partial charge on any atom is 0.266 e. The lowest BCUT2D eigenvalue weighted by atomic mass is 10.1. The second-order valence-corrected chi connectivity index (χ2v) is 9.86. The number of benzene rings is 4. The molecule has 0 aromatic heterocycles. The molecule has 4 rings (SSSR count). The number of nitrogens with one attached hydrogen (secondary N) is 1. The van der Waals surface area contributed by atoms with Gasteiger partial charge in [0.25, 0.3) is 5.91 Å². The Morgan fingerprint density at radius 2 is 1.53 bits per heavy atom. The van der Waals surface area contributed by atoms with Crippen LogP contribution in [0.1, 0.15) is 16.7 Å². The summed E-state index contributed by atoms with van der Waals surface area (Å²) in [4.78, 5) is 12.8. The number of nitrogens with zero attached hydrogens (tertiary/aromatic N) is 1. The summed E-state index contributed by atoms with van der Waals surface area (Å²) in [6.45, 7) is 0.611. The van der Waals surface area contributed by atoms with Gasteiger partial charge in [0.05, 0.1) is 8.95 Å². The Balaban J connectivity index is 1.39. The summed E-state index contributed by atoms with van der Waals surface area (Å²) in [5, 5.41) is 12.3. The van der Waals surface area contributed by atoms with Crippen molar-refractivity contribution >= 4 is 49.5 Å². The van der Waals surface area contributed by atoms with E-state index in [-0.39, 0.29) is 18.0 Å². The minimum Gasteiger partial charge on any atom is -0.489 e. The number of carbonyl (C=O) groups excluding carboxylic acids is 1. The van der Waals surface area contributed by atoms with Crippen LogP contribution in [-0.2, 0) is 18.0 Å². The highest BCUT2D eigenvalue weighted by Gasteiger charge is 2.13. The topological polar surface area (TPSA) is 71.3 Å². The molecule has 5 nitrogen and oxygen atoms in total. The molecule has 0 radical (unpaired) electrons. The fourth-order valence-corrected chi connectivity index (χ4v) is 4.92. The first-order chi connectivity index (χ1) is 18.4. The van der Waals surface area contributed by atoms with Crippen molar-refractivity contribution in [3.63, 3.8) is 0 Å². The van der Waals surface area contributed by atoms with Crippen LogP contribution in [0.2, 0.25) is 0 Å². The van der Waals surface area contributed by atoms with Crippen LogP contribution in [0.15, 0.2) is 106 Å². The van der Waals surface area contributed by atoms with Crippen molar-refractivity contribution in [3.8, 4) is 17.6 Å². The first-order valence-electron chi connectivity index (χ1n) is 11.5. The summed E-state index contributed by atoms with van der Waals surface area (Å²) < 4.78 is 26.2. The molecule has 0 aliphatic carbocycles. The maximum atomic E-state index is 13.4. The predicted molar refractivity (Wildman–Crippen MR) is 152 cm³/mol. The van der Waals surface area contributed by atoms with Crippen molar-refractivity contribution in [1.29, 1.82) is 5.26 Å². The molecule has 0 unspecified atom stereocenters. The predicted octanol–water partition coefficient (Wildman–Crippen LogP) is 8.05. The van der Waals surface area contributed by atoms with Gasteiger partial charge in [0, 0.05) is 5.69 Å². The highest BCUT2D eigenvalue weighted by atomic mass is 79.9. The van der Waals surface area contributed by atoms with Gasteiger partial charge in [-0.2, -0.15) is 5.26 Å². The van der Waals surface area contributed by atoms with Gasteiger partial charge >= 0.3 is 0 Å². The zero-order valence-corrected chi connectivity index (χ0v) is 23.1. The van der Waals surface area contributed by atoms with E-state index in [9.17, 15) is 14.4 Å². The highest BCUT2D eigenvalue weighted by molar-refractivity contribution is 9.11. The van der Waals surface area contributed by atoms with E-state index in [0.29, 0.717) is 43.9 Å². The summed E-state index contributed by atoms with van der Waals surface area (Å²) in [5.74, 6) is 0.310. The largest absolute Gasteiger partial charge is 0.489 e. The van der Waals surface area contributed by atoms with Crippen LogP contribution in [0, 0.1) is 17.1 Å². The second-order valence-electron chi connectivity index (χ2n) is 8.15. The number of anilines is 1. The molecular formula is C30H21Br2FN2O3. The number of carbonyl (C=O) groups is 1. The average molecular weight is 636 g/mol. The van der Waals surface area contributed by atoms with Gasteiger partial charge < -0.3 is 14.8 Å². The summed E-state index contributed by atoms with van der Waals surface area (Å²) in [5.41, 5.74) is 2.82. The molecule has 0 aliphatic rings. The molecule has 0 spiro atoms. The highest BCUT2D eigenvalue weighted by Crippen LogP contribution is 2.36. The van der Waals surface area contributed by atoms with E-state index in [2.05, 4.69) is 37.2 Å². The Kier molecular flexibility index (Phi) is 9.30. The normalized spacial score (nSPS) is 10.9. The lowest BCUT2D eigenvalue weighted by Crippen LogP contribution is -2.13. The number of halogens is 3. The quantitative estimate of drug-likeness (QED) is 0.149. The molecule has 0 atom stereocenters. The molecule has 38 heavy (non-hydrogen) atoms. The Morgan fingerprint density at radius 1 is 0.868 bits per heavy atom. The maximum absolute atomic E-state index is 13.4. The van der Waals surface area contributed by atoms with Gasteiger partial charge in [0.2, 0.25) is 0 Å². The molecular weight excluding hydrogens is 615 g/mol. The molecule has 0 heterocycles. The third kappa shape index (κ3) is 7.54. The molecule has 0 saturated heterocycles. The zero-order chi connectivity index (χ0) is 26.9. The van der Waals surface area contributed by atoms with Crippen molar-refractivity contribution in [2.24, 2.45) is 0 Å². The molecule has 190 valence electrons. The molecule has 4 aromatic carbocycles. The minimum absolute atomic E-state index is 0.0679. The molecule has 0 bridgehead atoms. The van der Waals surface area contributed by atoms with Crippen molar-refractivity contribution in [3.05, 3.63) is 128 Å². The monoisotopic (exact) mass is 634 g/mol. The van der Waals surface area contributed by atoms with Crippen LogP contribution >= 0.6 is 31.9 Å². The number of hydrogen-bond acceptors (Lipinski definition) is 4. The number of hydrogen-bond donors (Lipinski definition) is 1. The van der Waals surface area contributed by atoms with Crippen molar-refractivity contribution in [1.82, 2.24) is 0 Å². The van der Waals surface area contributed by atoms with Gasteiger partial charge in [0.15, 0.2) is 0 Å². The van der Waals surface area contributed by atoms with Gasteiger partial charge in [-0.15, -0.1) is 0 Å². The van der Waals surface area contributed by atoms with E-state index in [1.54, 1.807) is 48.5 Å². The molecule has 0 aliphatic heterocycles. The van der Waals surface area contributed by atoms with Crippen LogP contribution in [0.4, 0.5) is 10.1 Å². The third-order valence-electron chi connectivity index (χ3n) is 5.33. The van der Waals surface area contributed by atoms with Gasteiger partial charge in [0.1, 0.15) is 42.2 Å². The van der Waals surface area contributed by atoms with Crippen LogP contribution in [0.3, 0.4) is 0 Å². The van der Waals surface area contributed by atoms with Gasteiger partial charge in [-0.3, -0.25) is 4.79 Å². The van der Waals surface area contributed by atoms with Crippen molar-refractivity contribution < 1.29 is 18.7 Å². The van der Waals surface area contributed by atoms with E-state index in [1.165, 1.54) is 18.2 Å². The van der Waals surface area contributed by atoms with Gasteiger partial charge in [-0.25, -0.2) is 4.39 Å². The first-order valence-corrected chi connectivity index (χ1v) is 13.1. The van der Waals surface area contributed by atoms with Crippen molar-refractivity contribution in [2.45, 2.75) is 13.2 Å². The van der Waals surface area contributed by atoms with E-state index >= 15 is 0 Å². The summed E-state index contributed by atoms with van der Waals surface area (Å²) in [7, 11) is 0. The van der Waals surface area contributed by atoms with E-state index in [1.807, 2.05) is 36.4 Å². The Morgan fingerprint density at radius 3 is 2.18 bits per heavy atom. The Labute approximate surface area is 236 Å². The minimum atomic E-state index is -0.538.